The summed E-state index contributed by atoms with van der Waals surface area (Å²) >= 11 is 0. The molecule has 1 aromatic rings. The van der Waals surface area contributed by atoms with Crippen LogP contribution in [0.3, 0.4) is 0 Å². The third-order valence-corrected chi connectivity index (χ3v) is 9.47. The average molecular weight is 507 g/mol. The van der Waals surface area contributed by atoms with Gasteiger partial charge in [-0.1, -0.05) is 20.8 Å². The second-order valence-electron chi connectivity index (χ2n) is 11.6. The number of hydrogen-bond acceptors (Lipinski definition) is 9. The quantitative estimate of drug-likeness (QED) is 0.484. The molecular formula is C27H38O9. The summed E-state index contributed by atoms with van der Waals surface area (Å²) < 4.78 is 29.7. The van der Waals surface area contributed by atoms with Crippen LogP contribution in [0, 0.1) is 22.7 Å². The average Bonchev–Trinajstić information content (AvgIpc) is 3.25. The molecule has 9 heteroatoms. The zero-order valence-electron chi connectivity index (χ0n) is 22.4. The molecule has 8 atom stereocenters. The standard InChI is InChI=1S/C27H38O9/c1-14(28)34-20-9-11-24(4,5)27(31)23(36-16(3)30)22(35-15(2)29)21-18(25(20,27)6)13-19-17(10-12-33-19)26(21,7)32-8/h10,12,18,20-23,31H,9,11,13H2,1-8H3/t18-,20-,21-,22+,23-,25-,26+,27+/m0/s1. The third kappa shape index (κ3) is 3.45. The van der Waals surface area contributed by atoms with Crippen molar-refractivity contribution in [3.8, 4) is 0 Å². The topological polar surface area (TPSA) is 122 Å². The highest BCUT2D eigenvalue weighted by Gasteiger charge is 2.78. The molecule has 2 fully saturated rings. The fourth-order valence-corrected chi connectivity index (χ4v) is 7.84. The van der Waals surface area contributed by atoms with E-state index in [2.05, 4.69) is 0 Å². The number of carbonyl (C=O) groups excluding carboxylic acids is 3. The maximum Gasteiger partial charge on any atom is 0.303 e. The van der Waals surface area contributed by atoms with Crippen LogP contribution in [-0.2, 0) is 45.4 Å². The van der Waals surface area contributed by atoms with Crippen molar-refractivity contribution in [2.75, 3.05) is 7.11 Å². The molecule has 3 aliphatic carbocycles. The van der Waals surface area contributed by atoms with E-state index >= 15 is 0 Å². The zero-order chi connectivity index (χ0) is 26.8. The molecule has 36 heavy (non-hydrogen) atoms. The number of furan rings is 1. The molecule has 0 amide bonds. The molecule has 4 rings (SSSR count). The molecule has 0 aromatic carbocycles. The van der Waals surface area contributed by atoms with Gasteiger partial charge in [-0.25, -0.2) is 0 Å². The molecule has 1 heterocycles. The summed E-state index contributed by atoms with van der Waals surface area (Å²) in [7, 11) is 1.57. The van der Waals surface area contributed by atoms with Gasteiger partial charge in [0.1, 0.15) is 29.2 Å². The van der Waals surface area contributed by atoms with E-state index < -0.39 is 70.1 Å². The van der Waals surface area contributed by atoms with Crippen LogP contribution in [-0.4, -0.2) is 54.0 Å². The Kier molecular flexibility index (Phi) is 6.36. The van der Waals surface area contributed by atoms with Gasteiger partial charge in [0.15, 0.2) is 6.10 Å². The smallest absolute Gasteiger partial charge is 0.303 e. The van der Waals surface area contributed by atoms with Gasteiger partial charge in [0.25, 0.3) is 0 Å². The monoisotopic (exact) mass is 506 g/mol. The molecule has 2 saturated carbocycles. The van der Waals surface area contributed by atoms with E-state index in [4.69, 9.17) is 23.4 Å². The Morgan fingerprint density at radius 1 is 1.00 bits per heavy atom. The van der Waals surface area contributed by atoms with E-state index in [9.17, 15) is 19.5 Å². The fourth-order valence-electron chi connectivity index (χ4n) is 7.84. The van der Waals surface area contributed by atoms with Crippen LogP contribution in [0.2, 0.25) is 0 Å². The molecule has 1 N–H and O–H groups in total. The minimum absolute atomic E-state index is 0.392. The van der Waals surface area contributed by atoms with Crippen molar-refractivity contribution in [2.45, 2.75) is 97.2 Å². The minimum Gasteiger partial charge on any atom is -0.469 e. The fraction of sp³-hybridized carbons (Fsp3) is 0.741. The molecule has 9 nitrogen and oxygen atoms in total. The van der Waals surface area contributed by atoms with Gasteiger partial charge in [-0.15, -0.1) is 0 Å². The van der Waals surface area contributed by atoms with Gasteiger partial charge in [-0.3, -0.25) is 14.4 Å². The van der Waals surface area contributed by atoms with Gasteiger partial charge in [-0.05, 0) is 37.2 Å². The van der Waals surface area contributed by atoms with Crippen LogP contribution in [0.5, 0.6) is 0 Å². The lowest BCUT2D eigenvalue weighted by Gasteiger charge is -2.70. The molecular weight excluding hydrogens is 468 g/mol. The van der Waals surface area contributed by atoms with Crippen molar-refractivity contribution in [1.29, 1.82) is 0 Å². The third-order valence-electron chi connectivity index (χ3n) is 9.47. The SMILES string of the molecule is CO[C@]1(C)c2ccoc2C[C@H]2[C@H]1[C@@H](OC(C)=O)[C@H](OC(C)=O)[C@@]1(O)C(C)(C)CC[C@H](OC(C)=O)[C@]21C. The first-order chi connectivity index (χ1) is 16.6. The highest BCUT2D eigenvalue weighted by atomic mass is 16.6. The summed E-state index contributed by atoms with van der Waals surface area (Å²) in [5, 5.41) is 12.9. The lowest BCUT2D eigenvalue weighted by atomic mass is 9.38. The normalized spacial score (nSPS) is 40.8. The second kappa shape index (κ2) is 8.58. The van der Waals surface area contributed by atoms with E-state index in [1.165, 1.54) is 20.8 Å². The van der Waals surface area contributed by atoms with Crippen molar-refractivity contribution in [2.24, 2.45) is 22.7 Å². The molecule has 0 spiro atoms. The van der Waals surface area contributed by atoms with Gasteiger partial charge in [-0.2, -0.15) is 0 Å². The van der Waals surface area contributed by atoms with E-state index in [1.54, 1.807) is 13.4 Å². The Bertz CT molecular complexity index is 1060. The number of aliphatic hydroxyl groups is 1. The summed E-state index contributed by atoms with van der Waals surface area (Å²) in [5.74, 6) is -1.93. The molecule has 0 radical (unpaired) electrons. The van der Waals surface area contributed by atoms with Gasteiger partial charge in [0.05, 0.1) is 6.26 Å². The van der Waals surface area contributed by atoms with Crippen LogP contribution in [0.25, 0.3) is 0 Å². The van der Waals surface area contributed by atoms with Crippen LogP contribution < -0.4 is 0 Å². The van der Waals surface area contributed by atoms with Crippen molar-refractivity contribution in [1.82, 2.24) is 0 Å². The first kappa shape index (κ1) is 26.7. The number of rotatable bonds is 4. The molecule has 3 aliphatic rings. The van der Waals surface area contributed by atoms with Gasteiger partial charge >= 0.3 is 17.9 Å². The number of fused-ring (bicyclic) bond motifs is 4. The number of methoxy groups -OCH3 is 1. The summed E-state index contributed by atoms with van der Waals surface area (Å²) in [6, 6.07) is 1.83. The maximum absolute atomic E-state index is 12.9. The van der Waals surface area contributed by atoms with Crippen molar-refractivity contribution in [3.05, 3.63) is 23.7 Å². The summed E-state index contributed by atoms with van der Waals surface area (Å²) in [5.41, 5.74) is -3.86. The summed E-state index contributed by atoms with van der Waals surface area (Å²) in [6.45, 7) is 11.5. The highest BCUT2D eigenvalue weighted by molar-refractivity contribution is 5.68. The predicted octanol–water partition coefficient (Wildman–Crippen LogP) is 3.30. The Hall–Kier alpha value is -2.39. The predicted molar refractivity (Wildman–Crippen MR) is 126 cm³/mol. The van der Waals surface area contributed by atoms with E-state index in [0.29, 0.717) is 25.0 Å². The van der Waals surface area contributed by atoms with Gasteiger partial charge in [0, 0.05) is 51.2 Å². The van der Waals surface area contributed by atoms with Crippen LogP contribution in [0.4, 0.5) is 0 Å². The number of carbonyl (C=O) groups is 3. The highest BCUT2D eigenvalue weighted by Crippen LogP contribution is 2.69. The first-order valence-corrected chi connectivity index (χ1v) is 12.5. The summed E-state index contributed by atoms with van der Waals surface area (Å²) in [4.78, 5) is 37.2. The molecule has 0 unspecified atom stereocenters. The largest absolute Gasteiger partial charge is 0.469 e. The zero-order valence-corrected chi connectivity index (χ0v) is 22.4. The number of hydrogen-bond donors (Lipinski definition) is 1. The lowest BCUT2D eigenvalue weighted by Crippen LogP contribution is -2.81. The molecule has 200 valence electrons. The molecule has 0 aliphatic heterocycles. The van der Waals surface area contributed by atoms with Crippen molar-refractivity contribution in [3.63, 3.8) is 0 Å². The number of ether oxygens (including phenoxy) is 4. The van der Waals surface area contributed by atoms with E-state index in [1.807, 2.05) is 33.8 Å². The van der Waals surface area contributed by atoms with Crippen molar-refractivity contribution < 1.29 is 42.9 Å². The molecule has 0 bridgehead atoms. The number of esters is 3. The Labute approximate surface area is 211 Å². The van der Waals surface area contributed by atoms with Crippen LogP contribution in [0.1, 0.15) is 72.6 Å². The first-order valence-electron chi connectivity index (χ1n) is 12.5. The Morgan fingerprint density at radius 3 is 2.17 bits per heavy atom. The second-order valence-corrected chi connectivity index (χ2v) is 11.6. The summed E-state index contributed by atoms with van der Waals surface area (Å²) in [6.07, 6.45) is 0.0325. The van der Waals surface area contributed by atoms with Gasteiger partial charge < -0.3 is 28.5 Å². The van der Waals surface area contributed by atoms with Gasteiger partial charge in [0.2, 0.25) is 0 Å². The lowest BCUT2D eigenvalue weighted by molar-refractivity contribution is -0.352. The minimum atomic E-state index is -1.73. The molecule has 0 saturated heterocycles. The Morgan fingerprint density at radius 2 is 1.61 bits per heavy atom. The van der Waals surface area contributed by atoms with Crippen molar-refractivity contribution >= 4 is 17.9 Å². The van der Waals surface area contributed by atoms with Crippen LogP contribution >= 0.6 is 0 Å². The maximum atomic E-state index is 12.9. The van der Waals surface area contributed by atoms with E-state index in [-0.39, 0.29) is 0 Å². The van der Waals surface area contributed by atoms with Crippen LogP contribution in [0.15, 0.2) is 16.7 Å². The van der Waals surface area contributed by atoms with E-state index in [0.717, 1.165) is 5.56 Å². The molecule has 1 aromatic heterocycles. The Balaban J connectivity index is 2.07.